The van der Waals surface area contributed by atoms with Crippen molar-refractivity contribution in [2.75, 3.05) is 27.8 Å². The van der Waals surface area contributed by atoms with Crippen molar-refractivity contribution in [2.24, 2.45) is 0 Å². The van der Waals surface area contributed by atoms with E-state index in [-0.39, 0.29) is 5.91 Å². The first-order chi connectivity index (χ1) is 9.08. The Kier molecular flexibility index (Phi) is 5.42. The van der Waals surface area contributed by atoms with E-state index in [2.05, 4.69) is 6.58 Å². The number of benzene rings is 1. The lowest BCUT2D eigenvalue weighted by atomic mass is 10.0. The van der Waals surface area contributed by atoms with Crippen LogP contribution in [0.3, 0.4) is 0 Å². The molecule has 1 amide bonds. The van der Waals surface area contributed by atoms with E-state index in [1.54, 1.807) is 38.3 Å². The molecule has 0 fully saturated rings. The minimum absolute atomic E-state index is 0.0336. The van der Waals surface area contributed by atoms with Crippen molar-refractivity contribution in [3.63, 3.8) is 0 Å². The van der Waals surface area contributed by atoms with E-state index < -0.39 is 0 Å². The van der Waals surface area contributed by atoms with E-state index in [9.17, 15) is 4.79 Å². The van der Waals surface area contributed by atoms with Gasteiger partial charge in [0.25, 0.3) is 5.91 Å². The van der Waals surface area contributed by atoms with Gasteiger partial charge in [-0.2, -0.15) is 0 Å². The van der Waals surface area contributed by atoms with Crippen LogP contribution in [-0.4, -0.2) is 38.6 Å². The molecule has 1 aromatic carbocycles. The van der Waals surface area contributed by atoms with Gasteiger partial charge >= 0.3 is 0 Å². The van der Waals surface area contributed by atoms with Crippen molar-refractivity contribution in [3.05, 3.63) is 35.9 Å². The van der Waals surface area contributed by atoms with Crippen molar-refractivity contribution >= 4 is 5.91 Å². The molecule has 0 aliphatic heterocycles. The van der Waals surface area contributed by atoms with Gasteiger partial charge in [0.2, 0.25) is 0 Å². The van der Waals surface area contributed by atoms with Crippen LogP contribution in [0.2, 0.25) is 0 Å². The summed E-state index contributed by atoms with van der Waals surface area (Å²) in [7, 11) is 4.92. The van der Waals surface area contributed by atoms with Crippen molar-refractivity contribution in [3.8, 4) is 11.5 Å². The molecule has 104 valence electrons. The molecule has 0 saturated heterocycles. The highest BCUT2D eigenvalue weighted by atomic mass is 16.5. The Morgan fingerprint density at radius 3 is 2.53 bits per heavy atom. The van der Waals surface area contributed by atoms with Gasteiger partial charge in [-0.05, 0) is 25.5 Å². The fraction of sp³-hybridized carbons (Fsp3) is 0.400. The van der Waals surface area contributed by atoms with E-state index in [1.807, 2.05) is 13.0 Å². The molecule has 0 radical (unpaired) electrons. The topological polar surface area (TPSA) is 38.8 Å². The lowest BCUT2D eigenvalue weighted by Crippen LogP contribution is -2.26. The second-order valence-electron chi connectivity index (χ2n) is 4.18. The average molecular weight is 263 g/mol. The summed E-state index contributed by atoms with van der Waals surface area (Å²) in [4.78, 5) is 13.9. The molecule has 0 N–H and O–H groups in total. The molecule has 0 aliphatic rings. The number of ether oxygens (including phenoxy) is 2. The van der Waals surface area contributed by atoms with Crippen LogP contribution in [0.1, 0.15) is 22.8 Å². The largest absolute Gasteiger partial charge is 0.493 e. The van der Waals surface area contributed by atoms with E-state index in [4.69, 9.17) is 9.47 Å². The van der Waals surface area contributed by atoms with Crippen LogP contribution in [0.5, 0.6) is 11.5 Å². The molecule has 0 unspecified atom stereocenters. The molecule has 0 spiro atoms. The quantitative estimate of drug-likeness (QED) is 0.740. The van der Waals surface area contributed by atoms with Crippen LogP contribution in [0.25, 0.3) is 0 Å². The third-order valence-electron chi connectivity index (χ3n) is 2.99. The minimum Gasteiger partial charge on any atom is -0.493 e. The highest BCUT2D eigenvalue weighted by Gasteiger charge is 2.17. The molecular weight excluding hydrogens is 242 g/mol. The van der Waals surface area contributed by atoms with Gasteiger partial charge in [0, 0.05) is 24.7 Å². The van der Waals surface area contributed by atoms with E-state index >= 15 is 0 Å². The molecule has 1 aromatic rings. The lowest BCUT2D eigenvalue weighted by Gasteiger charge is -2.18. The maximum absolute atomic E-state index is 12.2. The van der Waals surface area contributed by atoms with Crippen LogP contribution < -0.4 is 9.47 Å². The molecule has 0 aliphatic carbocycles. The summed E-state index contributed by atoms with van der Waals surface area (Å²) in [6.07, 6.45) is 2.39. The zero-order valence-corrected chi connectivity index (χ0v) is 12.0. The van der Waals surface area contributed by atoms with Crippen LogP contribution in [-0.2, 0) is 6.42 Å². The Bertz CT molecular complexity index is 469. The van der Waals surface area contributed by atoms with Crippen LogP contribution >= 0.6 is 0 Å². The summed E-state index contributed by atoms with van der Waals surface area (Å²) in [5.41, 5.74) is 1.49. The van der Waals surface area contributed by atoms with E-state index in [1.165, 1.54) is 0 Å². The Morgan fingerprint density at radius 1 is 1.37 bits per heavy atom. The number of allylic oxidation sites excluding steroid dienone is 1. The fourth-order valence-electron chi connectivity index (χ4n) is 1.84. The number of hydrogen-bond acceptors (Lipinski definition) is 3. The maximum atomic E-state index is 12.2. The van der Waals surface area contributed by atoms with Gasteiger partial charge in [-0.15, -0.1) is 6.58 Å². The molecule has 4 nitrogen and oxygen atoms in total. The summed E-state index contributed by atoms with van der Waals surface area (Å²) >= 11 is 0. The highest BCUT2D eigenvalue weighted by Crippen LogP contribution is 2.33. The smallest absolute Gasteiger partial charge is 0.253 e. The van der Waals surface area contributed by atoms with Gasteiger partial charge in [-0.25, -0.2) is 0 Å². The highest BCUT2D eigenvalue weighted by molar-refractivity contribution is 5.95. The summed E-state index contributed by atoms with van der Waals surface area (Å²) in [5, 5.41) is 0. The van der Waals surface area contributed by atoms with Gasteiger partial charge in [-0.1, -0.05) is 6.08 Å². The molecule has 1 rings (SSSR count). The minimum atomic E-state index is -0.0336. The maximum Gasteiger partial charge on any atom is 0.253 e. The summed E-state index contributed by atoms with van der Waals surface area (Å²) in [6, 6.07) is 3.54. The molecule has 0 heterocycles. The van der Waals surface area contributed by atoms with Crippen molar-refractivity contribution in [2.45, 2.75) is 13.3 Å². The molecule has 0 bridgehead atoms. The summed E-state index contributed by atoms with van der Waals surface area (Å²) in [6.45, 7) is 6.31. The van der Waals surface area contributed by atoms with Crippen LogP contribution in [0.4, 0.5) is 0 Å². The fourth-order valence-corrected chi connectivity index (χ4v) is 1.84. The van der Waals surface area contributed by atoms with Crippen molar-refractivity contribution in [1.82, 2.24) is 4.90 Å². The van der Waals surface area contributed by atoms with Crippen LogP contribution in [0.15, 0.2) is 24.8 Å². The molecule has 0 saturated carbocycles. The molecule has 0 atom stereocenters. The van der Waals surface area contributed by atoms with E-state index in [0.29, 0.717) is 30.0 Å². The monoisotopic (exact) mass is 263 g/mol. The number of carbonyl (C=O) groups is 1. The first-order valence-electron chi connectivity index (χ1n) is 6.20. The molecular formula is C15H21NO3. The number of carbonyl (C=O) groups excluding carboxylic acids is 1. The Labute approximate surface area is 114 Å². The predicted molar refractivity (Wildman–Crippen MR) is 76.1 cm³/mol. The number of methoxy groups -OCH3 is 2. The van der Waals surface area contributed by atoms with Crippen molar-refractivity contribution < 1.29 is 14.3 Å². The average Bonchev–Trinajstić information content (AvgIpc) is 2.44. The number of amides is 1. The Balaban J connectivity index is 3.31. The zero-order chi connectivity index (χ0) is 14.4. The third-order valence-corrected chi connectivity index (χ3v) is 2.99. The lowest BCUT2D eigenvalue weighted by molar-refractivity contribution is 0.0802. The number of hydrogen-bond donors (Lipinski definition) is 0. The predicted octanol–water partition coefficient (Wildman–Crippen LogP) is 2.52. The van der Waals surface area contributed by atoms with E-state index in [0.717, 1.165) is 5.56 Å². The summed E-state index contributed by atoms with van der Waals surface area (Å²) < 4.78 is 10.6. The Hall–Kier alpha value is -1.97. The Morgan fingerprint density at radius 2 is 2.05 bits per heavy atom. The van der Waals surface area contributed by atoms with Gasteiger partial charge in [0.05, 0.1) is 14.2 Å². The first-order valence-corrected chi connectivity index (χ1v) is 6.20. The van der Waals surface area contributed by atoms with Crippen molar-refractivity contribution in [1.29, 1.82) is 0 Å². The zero-order valence-electron chi connectivity index (χ0n) is 12.0. The molecule has 0 aromatic heterocycles. The number of nitrogens with zero attached hydrogens (tertiary/aromatic N) is 1. The standard InChI is InChI=1S/C15H21NO3/c1-6-8-11-9-12(15(17)16(3)7-2)10-13(18-4)14(11)19-5/h6,9-10H,1,7-8H2,2-5H3. The third kappa shape index (κ3) is 3.28. The molecule has 19 heavy (non-hydrogen) atoms. The van der Waals surface area contributed by atoms with Gasteiger partial charge < -0.3 is 14.4 Å². The van der Waals surface area contributed by atoms with Crippen LogP contribution in [0, 0.1) is 0 Å². The van der Waals surface area contributed by atoms with Gasteiger partial charge in [0.1, 0.15) is 0 Å². The van der Waals surface area contributed by atoms with Gasteiger partial charge in [0.15, 0.2) is 11.5 Å². The second kappa shape index (κ2) is 6.83. The van der Waals surface area contributed by atoms with Gasteiger partial charge in [-0.3, -0.25) is 4.79 Å². The number of rotatable bonds is 6. The second-order valence-corrected chi connectivity index (χ2v) is 4.18. The summed E-state index contributed by atoms with van der Waals surface area (Å²) in [5.74, 6) is 1.18. The normalized spacial score (nSPS) is 9.89. The molecule has 4 heteroatoms. The SMILES string of the molecule is C=CCc1cc(C(=O)N(C)CC)cc(OC)c1OC. The first kappa shape index (κ1) is 15.1.